The molecule has 1 aromatic carbocycles. The second kappa shape index (κ2) is 5.03. The number of nitrogens with one attached hydrogen (secondary N) is 1. The lowest BCUT2D eigenvalue weighted by Gasteiger charge is -2.33. The van der Waals surface area contributed by atoms with Gasteiger partial charge in [0.25, 0.3) is 5.91 Å². The van der Waals surface area contributed by atoms with Crippen LogP contribution in [0.4, 0.5) is 5.69 Å². The molecule has 0 fully saturated rings. The number of hydrogen-bond acceptors (Lipinski definition) is 4. The first-order valence-corrected chi connectivity index (χ1v) is 9.87. The van der Waals surface area contributed by atoms with Crippen LogP contribution in [0.1, 0.15) is 12.0 Å². The van der Waals surface area contributed by atoms with E-state index in [4.69, 9.17) is 9.16 Å². The summed E-state index contributed by atoms with van der Waals surface area (Å²) in [6.45, 7) is 5.96. The highest BCUT2D eigenvalue weighted by atomic mass is 28.4. The third-order valence-electron chi connectivity index (χ3n) is 3.08. The number of ether oxygens (including phenoxy) is 1. The van der Waals surface area contributed by atoms with E-state index in [0.717, 1.165) is 0 Å². The van der Waals surface area contributed by atoms with E-state index in [0.29, 0.717) is 11.3 Å². The van der Waals surface area contributed by atoms with E-state index < -0.39 is 19.9 Å². The van der Waals surface area contributed by atoms with Crippen molar-refractivity contribution >= 4 is 25.9 Å². The molecule has 108 valence electrons. The highest BCUT2D eigenvalue weighted by Crippen LogP contribution is 2.43. The maximum Gasteiger partial charge on any atom is 0.309 e. The average molecular weight is 293 g/mol. The first-order chi connectivity index (χ1) is 9.28. The first kappa shape index (κ1) is 14.7. The number of hydrogen-bond donors (Lipinski definition) is 1. The Balaban J connectivity index is 2.51. The molecule has 6 heteroatoms. The van der Waals surface area contributed by atoms with Crippen molar-refractivity contribution in [2.75, 3.05) is 12.4 Å². The predicted octanol–water partition coefficient (Wildman–Crippen LogP) is 2.25. The van der Waals surface area contributed by atoms with E-state index in [2.05, 4.69) is 5.32 Å². The van der Waals surface area contributed by atoms with Crippen LogP contribution in [0.5, 0.6) is 0 Å². The van der Waals surface area contributed by atoms with Gasteiger partial charge >= 0.3 is 5.97 Å². The van der Waals surface area contributed by atoms with Crippen LogP contribution in [0.3, 0.4) is 0 Å². The van der Waals surface area contributed by atoms with Gasteiger partial charge in [-0.15, -0.1) is 0 Å². The Bertz CT molecular complexity index is 552. The van der Waals surface area contributed by atoms with E-state index in [-0.39, 0.29) is 12.3 Å². The average Bonchev–Trinajstić information content (AvgIpc) is 2.61. The molecule has 1 unspecified atom stereocenters. The van der Waals surface area contributed by atoms with Gasteiger partial charge in [0.2, 0.25) is 0 Å². The minimum absolute atomic E-state index is 0.114. The topological polar surface area (TPSA) is 64.6 Å². The molecule has 1 aliphatic rings. The van der Waals surface area contributed by atoms with Crippen LogP contribution in [0.25, 0.3) is 0 Å². The molecule has 0 radical (unpaired) electrons. The molecule has 1 aliphatic heterocycles. The number of amides is 1. The van der Waals surface area contributed by atoms with Crippen LogP contribution in [0, 0.1) is 0 Å². The minimum Gasteiger partial charge on any atom is -0.469 e. The summed E-state index contributed by atoms with van der Waals surface area (Å²) in [4.78, 5) is 24.2. The van der Waals surface area contributed by atoms with Crippen molar-refractivity contribution in [3.8, 4) is 0 Å². The summed E-state index contributed by atoms with van der Waals surface area (Å²) in [7, 11) is -0.744. The van der Waals surface area contributed by atoms with E-state index >= 15 is 0 Å². The third-order valence-corrected chi connectivity index (χ3v) is 4.04. The number of rotatable bonds is 4. The zero-order valence-electron chi connectivity index (χ0n) is 12.1. The number of benzene rings is 1. The monoisotopic (exact) mass is 293 g/mol. The maximum atomic E-state index is 12.5. The second-order valence-electron chi connectivity index (χ2n) is 5.79. The van der Waals surface area contributed by atoms with Crippen LogP contribution in [-0.4, -0.2) is 27.3 Å². The van der Waals surface area contributed by atoms with Gasteiger partial charge in [0.15, 0.2) is 13.9 Å². The second-order valence-corrected chi connectivity index (χ2v) is 10.2. The summed E-state index contributed by atoms with van der Waals surface area (Å²) in [6, 6.07) is 7.29. The molecule has 1 heterocycles. The molecule has 0 bridgehead atoms. The van der Waals surface area contributed by atoms with E-state index in [1.165, 1.54) is 7.11 Å². The summed E-state index contributed by atoms with van der Waals surface area (Å²) < 4.78 is 10.9. The van der Waals surface area contributed by atoms with Crippen molar-refractivity contribution in [2.24, 2.45) is 0 Å². The fourth-order valence-corrected chi connectivity index (χ4v) is 3.72. The molecule has 2 rings (SSSR count). The Hall–Kier alpha value is -1.66. The highest BCUT2D eigenvalue weighted by Gasteiger charge is 2.51. The number of anilines is 1. The first-order valence-electron chi connectivity index (χ1n) is 6.46. The van der Waals surface area contributed by atoms with Gasteiger partial charge in [-0.25, -0.2) is 0 Å². The Morgan fingerprint density at radius 2 is 1.95 bits per heavy atom. The normalized spacial score (nSPS) is 21.3. The lowest BCUT2D eigenvalue weighted by atomic mass is 9.92. The SMILES string of the molecule is COC(=O)CC1(O[Si](C)(C)C)C(=O)Nc2ccccc21. The Morgan fingerprint density at radius 3 is 2.55 bits per heavy atom. The summed E-state index contributed by atoms with van der Waals surface area (Å²) in [5, 5.41) is 2.79. The smallest absolute Gasteiger partial charge is 0.309 e. The molecule has 1 aromatic rings. The molecule has 0 aromatic heterocycles. The number of fused-ring (bicyclic) bond motifs is 1. The Morgan fingerprint density at radius 1 is 1.30 bits per heavy atom. The molecule has 0 aliphatic carbocycles. The van der Waals surface area contributed by atoms with Crippen molar-refractivity contribution in [1.29, 1.82) is 0 Å². The number of methoxy groups -OCH3 is 1. The van der Waals surface area contributed by atoms with Gasteiger partial charge in [0.1, 0.15) is 0 Å². The van der Waals surface area contributed by atoms with Crippen LogP contribution >= 0.6 is 0 Å². The molecule has 5 nitrogen and oxygen atoms in total. The molecule has 1 atom stereocenters. The van der Waals surface area contributed by atoms with Crippen molar-refractivity contribution < 1.29 is 18.8 Å². The molecule has 1 N–H and O–H groups in total. The van der Waals surface area contributed by atoms with Gasteiger partial charge in [-0.05, 0) is 25.7 Å². The minimum atomic E-state index is -2.05. The molecular formula is C14H19NO4Si. The molecule has 20 heavy (non-hydrogen) atoms. The van der Waals surface area contributed by atoms with Crippen LogP contribution in [0.15, 0.2) is 24.3 Å². The molecule has 0 saturated heterocycles. The van der Waals surface area contributed by atoms with Crippen LogP contribution in [-0.2, 0) is 24.4 Å². The summed E-state index contributed by atoms with van der Waals surface area (Å²) in [5.74, 6) is -0.762. The number of esters is 1. The van der Waals surface area contributed by atoms with Crippen molar-refractivity contribution in [3.63, 3.8) is 0 Å². The van der Waals surface area contributed by atoms with Crippen molar-refractivity contribution in [2.45, 2.75) is 31.7 Å². The van der Waals surface area contributed by atoms with Crippen LogP contribution < -0.4 is 5.32 Å². The van der Waals surface area contributed by atoms with Gasteiger partial charge in [-0.2, -0.15) is 0 Å². The standard InChI is InChI=1S/C14H19NO4Si/c1-18-12(16)9-14(19-20(2,3)4)10-7-5-6-8-11(10)15-13(14)17/h5-8H,9H2,1-4H3,(H,15,17). The van der Waals surface area contributed by atoms with Crippen LogP contribution in [0.2, 0.25) is 19.6 Å². The molecule has 1 amide bonds. The van der Waals surface area contributed by atoms with Gasteiger partial charge in [0, 0.05) is 11.3 Å². The predicted molar refractivity (Wildman–Crippen MR) is 77.8 cm³/mol. The fraction of sp³-hybridized carbons (Fsp3) is 0.429. The largest absolute Gasteiger partial charge is 0.469 e. The lowest BCUT2D eigenvalue weighted by molar-refractivity contribution is -0.150. The quantitative estimate of drug-likeness (QED) is 0.683. The van der Waals surface area contributed by atoms with E-state index in [1.807, 2.05) is 37.8 Å². The zero-order valence-corrected chi connectivity index (χ0v) is 13.1. The summed E-state index contributed by atoms with van der Waals surface area (Å²) in [5.41, 5.74) is 0.131. The van der Waals surface area contributed by atoms with E-state index in [1.54, 1.807) is 6.07 Å². The zero-order chi connectivity index (χ0) is 15.0. The van der Waals surface area contributed by atoms with Gasteiger partial charge in [-0.3, -0.25) is 9.59 Å². The lowest BCUT2D eigenvalue weighted by Crippen LogP contribution is -2.46. The summed E-state index contributed by atoms with van der Waals surface area (Å²) >= 11 is 0. The van der Waals surface area contributed by atoms with E-state index in [9.17, 15) is 9.59 Å². The van der Waals surface area contributed by atoms with Crippen molar-refractivity contribution in [1.82, 2.24) is 0 Å². The van der Waals surface area contributed by atoms with Gasteiger partial charge in [-0.1, -0.05) is 18.2 Å². The Kier molecular flexibility index (Phi) is 3.71. The maximum absolute atomic E-state index is 12.5. The van der Waals surface area contributed by atoms with Gasteiger partial charge in [0.05, 0.1) is 13.5 Å². The molecule has 0 spiro atoms. The summed E-state index contributed by atoms with van der Waals surface area (Å²) in [6.07, 6.45) is -0.114. The molecular weight excluding hydrogens is 274 g/mol. The number of carbonyl (C=O) groups excluding carboxylic acids is 2. The van der Waals surface area contributed by atoms with Gasteiger partial charge < -0.3 is 14.5 Å². The number of para-hydroxylation sites is 1. The third kappa shape index (κ3) is 2.61. The fourth-order valence-electron chi connectivity index (χ4n) is 2.40. The Labute approximate surface area is 119 Å². The molecule has 0 saturated carbocycles. The highest BCUT2D eigenvalue weighted by molar-refractivity contribution is 6.70. The number of carbonyl (C=O) groups is 2. The van der Waals surface area contributed by atoms with Crippen molar-refractivity contribution in [3.05, 3.63) is 29.8 Å².